The Kier molecular flexibility index (Phi) is 16.0. The van der Waals surface area contributed by atoms with Gasteiger partial charge in [-0.2, -0.15) is 21.0 Å². The number of carbonyl (C=O) groups excluding carboxylic acids is 6. The van der Waals surface area contributed by atoms with E-state index in [1.165, 1.54) is 15.9 Å². The van der Waals surface area contributed by atoms with E-state index in [4.69, 9.17) is 28.9 Å². The van der Waals surface area contributed by atoms with E-state index in [1.807, 2.05) is 24.3 Å². The Morgan fingerprint density at radius 2 is 0.859 bits per heavy atom. The molecule has 4 aromatic carbocycles. The number of aliphatic imine (C=N–C) groups is 2. The molecular formula is C62H40N8O10S5. The number of allylic oxidation sites excluding steroid dienone is 2. The van der Waals surface area contributed by atoms with Gasteiger partial charge >= 0.3 is 23.9 Å². The lowest BCUT2D eigenvalue weighted by atomic mass is 9.76. The van der Waals surface area contributed by atoms with Crippen molar-refractivity contribution in [2.75, 3.05) is 13.1 Å². The standard InChI is InChI=1S/C62H40N8O10S5/c1-3-69-53(71)51(84-55(69)39(27-63)28-64)67-43-25-41-48(82-43)45-46(61(41,57(73)77-31-35-17-9-5-10-18-35)58(74)78-32-36-19-11-6-12-20-36)50-47(49-42(81-50)26-44(83-49)68-52-54(72)70(4-2)56(85-52)40(29-65)30-66)62(45,59(75)79-33-37-21-13-7-14-22-37)60(76)80-34-38-23-15-8-16-24-38/h5-26H,3-4,31-34H2,1-2H3/b67-51-,68-52-. The normalized spacial score (nSPS) is 16.1. The Bertz CT molecular complexity index is 4170. The van der Waals surface area contributed by atoms with Gasteiger partial charge in [-0.05, 0) is 71.8 Å². The van der Waals surface area contributed by atoms with Crippen molar-refractivity contribution >= 4 is 134 Å². The number of nitriles is 4. The molecule has 18 nitrogen and oxygen atoms in total. The van der Waals surface area contributed by atoms with Crippen molar-refractivity contribution < 1.29 is 47.7 Å². The van der Waals surface area contributed by atoms with Crippen LogP contribution in [0.4, 0.5) is 10.0 Å². The molecular weight excluding hydrogens is 1180 g/mol. The Morgan fingerprint density at radius 3 is 1.24 bits per heavy atom. The summed E-state index contributed by atoms with van der Waals surface area (Å²) in [4.78, 5) is 105. The van der Waals surface area contributed by atoms with Crippen molar-refractivity contribution in [1.82, 2.24) is 9.80 Å². The molecule has 2 saturated heterocycles. The smallest absolute Gasteiger partial charge is 0.333 e. The fourth-order valence-electron chi connectivity index (χ4n) is 10.2. The molecule has 0 unspecified atom stereocenters. The number of nitrogens with zero attached hydrogens (tertiary/aromatic N) is 8. The average molecular weight is 1220 g/mol. The zero-order valence-corrected chi connectivity index (χ0v) is 48.7. The molecule has 5 heterocycles. The fourth-order valence-corrected chi connectivity index (χ4v) is 16.3. The van der Waals surface area contributed by atoms with Crippen molar-refractivity contribution in [3.63, 3.8) is 0 Å². The van der Waals surface area contributed by atoms with Gasteiger partial charge in [-0.15, -0.1) is 34.0 Å². The number of benzene rings is 4. The van der Waals surface area contributed by atoms with E-state index in [1.54, 1.807) is 141 Å². The van der Waals surface area contributed by atoms with Gasteiger partial charge in [0.25, 0.3) is 11.8 Å². The molecule has 2 aliphatic heterocycles. The SMILES string of the molecule is CCN1C(=O)/C(=N/c2cc3c(s2)C2=C(c4sc5cc(/N=C6\SC(=C(C#N)C#N)N(CC)C6=O)sc5c4C2(C(=O)OCc2ccccc2)C(=O)OCc2ccccc2)C3(C(=O)OCc2ccccc2)C(=O)OCc2ccccc2)SC1=C(C#N)C#N. The molecule has 4 aliphatic rings. The lowest BCUT2D eigenvalue weighted by Crippen LogP contribution is -2.45. The van der Waals surface area contributed by atoms with Crippen LogP contribution >= 0.6 is 57.5 Å². The number of hydrogen-bond acceptors (Lipinski definition) is 21. The van der Waals surface area contributed by atoms with Crippen molar-refractivity contribution in [2.24, 2.45) is 9.98 Å². The minimum atomic E-state index is -2.71. The van der Waals surface area contributed by atoms with Gasteiger partial charge in [0, 0.05) is 49.8 Å². The van der Waals surface area contributed by atoms with E-state index in [0.29, 0.717) is 27.0 Å². The molecule has 0 saturated carbocycles. The monoisotopic (exact) mass is 1220 g/mol. The largest absolute Gasteiger partial charge is 0.459 e. The maximum absolute atomic E-state index is 16.3. The third-order valence-electron chi connectivity index (χ3n) is 14.0. The van der Waals surface area contributed by atoms with Gasteiger partial charge < -0.3 is 18.9 Å². The summed E-state index contributed by atoms with van der Waals surface area (Å²) >= 11 is 4.48. The van der Waals surface area contributed by atoms with Crippen LogP contribution in [0.1, 0.15) is 57.0 Å². The average Bonchev–Trinajstić information content (AvgIpc) is 1.49. The first-order valence-electron chi connectivity index (χ1n) is 25.9. The molecule has 0 radical (unpaired) electrons. The number of hydrogen-bond donors (Lipinski definition) is 0. The molecule has 0 bridgehead atoms. The van der Waals surface area contributed by atoms with Crippen molar-refractivity contribution in [2.45, 2.75) is 51.1 Å². The molecule has 418 valence electrons. The maximum atomic E-state index is 16.3. The van der Waals surface area contributed by atoms with Crippen LogP contribution in [-0.2, 0) is 85.0 Å². The van der Waals surface area contributed by atoms with Crippen LogP contribution in [0.15, 0.2) is 165 Å². The van der Waals surface area contributed by atoms with E-state index >= 15 is 19.2 Å². The topological polar surface area (TPSA) is 266 Å². The van der Waals surface area contributed by atoms with Crippen LogP contribution in [0, 0.1) is 45.3 Å². The molecule has 85 heavy (non-hydrogen) atoms. The number of amides is 2. The zero-order valence-electron chi connectivity index (χ0n) is 44.6. The molecule has 0 atom stereocenters. The summed E-state index contributed by atoms with van der Waals surface area (Å²) in [6, 6.07) is 45.2. The third kappa shape index (κ3) is 9.87. The second-order valence-electron chi connectivity index (χ2n) is 18.9. The number of thiophene rings is 3. The highest BCUT2D eigenvalue weighted by atomic mass is 32.2. The van der Waals surface area contributed by atoms with Crippen LogP contribution in [-0.4, -0.2) is 68.7 Å². The Morgan fingerprint density at radius 1 is 0.494 bits per heavy atom. The van der Waals surface area contributed by atoms with Crippen LogP contribution in [0.5, 0.6) is 0 Å². The molecule has 3 aromatic heterocycles. The molecule has 0 N–H and O–H groups in total. The highest BCUT2D eigenvalue weighted by molar-refractivity contribution is 8.20. The van der Waals surface area contributed by atoms with Gasteiger partial charge in [0.1, 0.15) is 70.8 Å². The summed E-state index contributed by atoms with van der Waals surface area (Å²) in [5.41, 5.74) is -4.29. The Hall–Kier alpha value is -9.72. The number of thioether (sulfide) groups is 2. The van der Waals surface area contributed by atoms with E-state index in [9.17, 15) is 30.6 Å². The first kappa shape index (κ1) is 57.1. The first-order valence-corrected chi connectivity index (χ1v) is 30.0. The molecule has 2 aliphatic carbocycles. The van der Waals surface area contributed by atoms with Crippen LogP contribution in [0.2, 0.25) is 0 Å². The summed E-state index contributed by atoms with van der Waals surface area (Å²) in [6.45, 7) is 2.08. The minimum Gasteiger partial charge on any atom is -0.459 e. The van der Waals surface area contributed by atoms with Gasteiger partial charge in [0.2, 0.25) is 10.8 Å². The van der Waals surface area contributed by atoms with E-state index in [2.05, 4.69) is 0 Å². The Labute approximate surface area is 505 Å². The number of fused-ring (bicyclic) bond motifs is 6. The number of carbonyl (C=O) groups is 6. The van der Waals surface area contributed by atoms with Crippen molar-refractivity contribution in [1.29, 1.82) is 21.0 Å². The van der Waals surface area contributed by atoms with E-state index in [-0.39, 0.29) is 118 Å². The number of esters is 4. The first-order chi connectivity index (χ1) is 41.3. The van der Waals surface area contributed by atoms with Gasteiger partial charge in [-0.25, -0.2) is 9.98 Å². The second-order valence-corrected chi connectivity index (χ2v) is 23.9. The maximum Gasteiger partial charge on any atom is 0.333 e. The predicted octanol–water partition coefficient (Wildman–Crippen LogP) is 11.2. The lowest BCUT2D eigenvalue weighted by molar-refractivity contribution is -0.165. The highest BCUT2D eigenvalue weighted by Crippen LogP contribution is 2.70. The molecule has 2 fully saturated rings. The van der Waals surface area contributed by atoms with E-state index < -0.39 is 46.5 Å². The summed E-state index contributed by atoms with van der Waals surface area (Å²) in [5, 5.41) is 39.5. The van der Waals surface area contributed by atoms with Crippen molar-refractivity contribution in [3.05, 3.63) is 198 Å². The van der Waals surface area contributed by atoms with Crippen LogP contribution in [0.3, 0.4) is 0 Å². The van der Waals surface area contributed by atoms with Gasteiger partial charge in [-0.3, -0.25) is 38.6 Å². The highest BCUT2D eigenvalue weighted by Gasteiger charge is 2.72. The van der Waals surface area contributed by atoms with Gasteiger partial charge in [-0.1, -0.05) is 121 Å². The van der Waals surface area contributed by atoms with Gasteiger partial charge in [0.05, 0.1) is 4.70 Å². The van der Waals surface area contributed by atoms with Gasteiger partial charge in [0.15, 0.2) is 21.2 Å². The zero-order chi connectivity index (χ0) is 59.6. The fraction of sp³-hybridized carbons (Fsp3) is 0.161. The molecule has 11 rings (SSSR count). The number of rotatable bonds is 16. The predicted molar refractivity (Wildman–Crippen MR) is 320 cm³/mol. The van der Waals surface area contributed by atoms with Crippen LogP contribution < -0.4 is 0 Å². The second kappa shape index (κ2) is 23.9. The number of ether oxygens (including phenoxy) is 4. The minimum absolute atomic E-state index is 0.000620. The Balaban J connectivity index is 1.20. The summed E-state index contributed by atoms with van der Waals surface area (Å²) in [7, 11) is 0. The quantitative estimate of drug-likeness (QED) is 0.0377. The van der Waals surface area contributed by atoms with E-state index in [0.717, 1.165) is 57.5 Å². The summed E-state index contributed by atoms with van der Waals surface area (Å²) in [6.07, 6.45) is 0. The molecule has 0 spiro atoms. The molecule has 2 amide bonds. The third-order valence-corrected chi connectivity index (χ3v) is 19.6. The molecule has 23 heteroatoms. The molecule has 7 aromatic rings. The summed E-state index contributed by atoms with van der Waals surface area (Å²) in [5.74, 6) is -5.86. The lowest BCUT2D eigenvalue weighted by Gasteiger charge is -2.29. The summed E-state index contributed by atoms with van der Waals surface area (Å²) < 4.78 is 25.9. The van der Waals surface area contributed by atoms with Crippen LogP contribution in [0.25, 0.3) is 20.5 Å². The van der Waals surface area contributed by atoms with Crippen molar-refractivity contribution in [3.8, 4) is 24.3 Å².